The average Bonchev–Trinajstić information content (AvgIpc) is 2.88. The summed E-state index contributed by atoms with van der Waals surface area (Å²) >= 11 is 4.07. The van der Waals surface area contributed by atoms with Gasteiger partial charge < -0.3 is 5.32 Å². The Bertz CT molecular complexity index is 634. The minimum atomic E-state index is 0.324. The highest BCUT2D eigenvalue weighted by Crippen LogP contribution is 2.37. The van der Waals surface area contributed by atoms with E-state index in [4.69, 9.17) is 0 Å². The van der Waals surface area contributed by atoms with Crippen molar-refractivity contribution in [3.05, 3.63) is 55.8 Å². The number of thiophene rings is 1. The van der Waals surface area contributed by atoms with E-state index in [0.717, 1.165) is 0 Å². The molecule has 1 aromatic carbocycles. The lowest BCUT2D eigenvalue weighted by Gasteiger charge is -2.19. The number of thioether (sulfide) groups is 1. The van der Waals surface area contributed by atoms with Gasteiger partial charge in [0.15, 0.2) is 0 Å². The van der Waals surface area contributed by atoms with Crippen molar-refractivity contribution in [3.8, 4) is 0 Å². The van der Waals surface area contributed by atoms with E-state index in [-0.39, 0.29) is 0 Å². The van der Waals surface area contributed by atoms with E-state index >= 15 is 0 Å². The maximum Gasteiger partial charge on any atom is 0.0671 e. The van der Waals surface area contributed by atoms with Gasteiger partial charge in [0.2, 0.25) is 0 Å². The maximum absolute atomic E-state index is 3.53. The molecule has 1 unspecified atom stereocenters. The monoisotopic (exact) mass is 317 g/mol. The lowest BCUT2D eigenvalue weighted by atomic mass is 9.95. The van der Waals surface area contributed by atoms with Gasteiger partial charge >= 0.3 is 0 Å². The van der Waals surface area contributed by atoms with Gasteiger partial charge in [0.1, 0.15) is 0 Å². The van der Waals surface area contributed by atoms with E-state index in [1.807, 2.05) is 11.3 Å². The summed E-state index contributed by atoms with van der Waals surface area (Å²) in [7, 11) is 2.08. The van der Waals surface area contributed by atoms with Gasteiger partial charge in [-0.05, 0) is 73.9 Å². The predicted octanol–water partition coefficient (Wildman–Crippen LogP) is 4.77. The fourth-order valence-corrected chi connectivity index (χ4v) is 5.56. The highest BCUT2D eigenvalue weighted by atomic mass is 32.2. The first-order valence-corrected chi connectivity index (χ1v) is 9.51. The number of nitrogens with one attached hydrogen (secondary N) is 1. The zero-order chi connectivity index (χ0) is 15.0. The van der Waals surface area contributed by atoms with E-state index in [1.165, 1.54) is 45.1 Å². The van der Waals surface area contributed by atoms with Gasteiger partial charge in [-0.25, -0.2) is 0 Å². The van der Waals surface area contributed by atoms with Gasteiger partial charge in [-0.15, -0.1) is 11.3 Å². The fourth-order valence-electron chi connectivity index (χ4n) is 3.06. The molecule has 0 saturated carbocycles. The number of aryl methyl sites for hydroxylation is 4. The number of rotatable bonds is 3. The second kappa shape index (κ2) is 6.15. The molecule has 112 valence electrons. The molecule has 0 amide bonds. The molecule has 1 aromatic heterocycles. The number of hydrogen-bond acceptors (Lipinski definition) is 3. The van der Waals surface area contributed by atoms with E-state index in [9.17, 15) is 0 Å². The van der Waals surface area contributed by atoms with E-state index in [1.54, 1.807) is 10.4 Å². The molecule has 3 rings (SSSR count). The summed E-state index contributed by atoms with van der Waals surface area (Å²) in [6, 6.07) is 7.43. The summed E-state index contributed by atoms with van der Waals surface area (Å²) in [4.78, 5) is 3.07. The molecule has 0 fully saturated rings. The van der Waals surface area contributed by atoms with Gasteiger partial charge in [-0.2, -0.15) is 11.8 Å². The van der Waals surface area contributed by atoms with Gasteiger partial charge in [0.25, 0.3) is 0 Å². The molecule has 1 atom stereocenters. The molecule has 3 heteroatoms. The average molecular weight is 318 g/mol. The summed E-state index contributed by atoms with van der Waals surface area (Å²) in [6.45, 7) is 6.64. The molecule has 1 nitrogen and oxygen atoms in total. The first-order valence-electron chi connectivity index (χ1n) is 7.54. The Morgan fingerprint density at radius 1 is 1.05 bits per heavy atom. The van der Waals surface area contributed by atoms with Crippen LogP contribution in [-0.2, 0) is 12.2 Å². The Balaban J connectivity index is 2.02. The van der Waals surface area contributed by atoms with Crippen LogP contribution in [0.3, 0.4) is 0 Å². The standard InChI is InChI=1S/C18H23NS2/c1-11-7-13(3)15(8-12(11)2)18(19-4)17-9-14-10-20-6-5-16(14)21-17/h7-9,18-19H,5-6,10H2,1-4H3. The Morgan fingerprint density at radius 2 is 1.81 bits per heavy atom. The highest BCUT2D eigenvalue weighted by Gasteiger charge is 2.21. The lowest BCUT2D eigenvalue weighted by Crippen LogP contribution is -2.18. The van der Waals surface area contributed by atoms with Crippen molar-refractivity contribution < 1.29 is 0 Å². The van der Waals surface area contributed by atoms with Crippen molar-refractivity contribution in [2.24, 2.45) is 0 Å². The third-order valence-corrected chi connectivity index (χ3v) is 6.72. The molecule has 0 radical (unpaired) electrons. The van der Waals surface area contributed by atoms with Crippen LogP contribution in [0.4, 0.5) is 0 Å². The van der Waals surface area contributed by atoms with Gasteiger partial charge in [-0.3, -0.25) is 0 Å². The Morgan fingerprint density at radius 3 is 2.52 bits per heavy atom. The van der Waals surface area contributed by atoms with Crippen LogP contribution < -0.4 is 5.32 Å². The van der Waals surface area contributed by atoms with Crippen molar-refractivity contribution in [1.82, 2.24) is 5.32 Å². The third-order valence-electron chi connectivity index (χ3n) is 4.41. The predicted molar refractivity (Wildman–Crippen MR) is 95.7 cm³/mol. The van der Waals surface area contributed by atoms with Crippen LogP contribution in [-0.4, -0.2) is 12.8 Å². The molecule has 1 aliphatic heterocycles. The molecule has 0 saturated heterocycles. The second-order valence-electron chi connectivity index (χ2n) is 5.91. The molecule has 1 aliphatic rings. The van der Waals surface area contributed by atoms with E-state index < -0.39 is 0 Å². The Kier molecular flexibility index (Phi) is 4.43. The SMILES string of the molecule is CNC(c1cc2c(s1)CCSC2)c1cc(C)c(C)cc1C. The normalized spacial score (nSPS) is 15.8. The third kappa shape index (κ3) is 2.92. The van der Waals surface area contributed by atoms with Crippen molar-refractivity contribution >= 4 is 23.1 Å². The van der Waals surface area contributed by atoms with E-state index in [2.05, 4.69) is 63.1 Å². The first-order chi connectivity index (χ1) is 10.1. The van der Waals surface area contributed by atoms with Crippen LogP contribution in [0.5, 0.6) is 0 Å². The summed E-state index contributed by atoms with van der Waals surface area (Å²) < 4.78 is 0. The van der Waals surface area contributed by atoms with Crippen LogP contribution >= 0.6 is 23.1 Å². The minimum Gasteiger partial charge on any atom is -0.309 e. The van der Waals surface area contributed by atoms with Crippen molar-refractivity contribution in [3.63, 3.8) is 0 Å². The minimum absolute atomic E-state index is 0.324. The summed E-state index contributed by atoms with van der Waals surface area (Å²) in [6.07, 6.45) is 1.24. The summed E-state index contributed by atoms with van der Waals surface area (Å²) in [5.41, 5.74) is 7.14. The van der Waals surface area contributed by atoms with Crippen molar-refractivity contribution in [2.75, 3.05) is 12.8 Å². The van der Waals surface area contributed by atoms with Crippen LogP contribution in [0.15, 0.2) is 18.2 Å². The van der Waals surface area contributed by atoms with Crippen molar-refractivity contribution in [2.45, 2.75) is 39.0 Å². The zero-order valence-electron chi connectivity index (χ0n) is 13.2. The van der Waals surface area contributed by atoms with E-state index in [0.29, 0.717) is 6.04 Å². The lowest BCUT2D eigenvalue weighted by molar-refractivity contribution is 0.698. The van der Waals surface area contributed by atoms with Gasteiger partial charge in [0, 0.05) is 15.5 Å². The number of fused-ring (bicyclic) bond motifs is 1. The molecular formula is C18H23NS2. The maximum atomic E-state index is 3.53. The van der Waals surface area contributed by atoms with Gasteiger partial charge in [0.05, 0.1) is 6.04 Å². The molecule has 1 N–H and O–H groups in total. The molecule has 2 heterocycles. The Labute approximate surface area is 136 Å². The van der Waals surface area contributed by atoms with Gasteiger partial charge in [-0.1, -0.05) is 12.1 Å². The second-order valence-corrected chi connectivity index (χ2v) is 8.19. The molecule has 21 heavy (non-hydrogen) atoms. The topological polar surface area (TPSA) is 12.0 Å². The molecule has 0 aliphatic carbocycles. The summed E-state index contributed by atoms with van der Waals surface area (Å²) in [5, 5.41) is 3.53. The Hall–Kier alpha value is -0.770. The fraction of sp³-hybridized carbons (Fsp3) is 0.444. The first kappa shape index (κ1) is 15.1. The molecule has 2 aromatic rings. The summed E-state index contributed by atoms with van der Waals surface area (Å²) in [5.74, 6) is 2.47. The van der Waals surface area contributed by atoms with Crippen LogP contribution in [0, 0.1) is 20.8 Å². The quantitative estimate of drug-likeness (QED) is 0.875. The molecular weight excluding hydrogens is 294 g/mol. The largest absolute Gasteiger partial charge is 0.309 e. The smallest absolute Gasteiger partial charge is 0.0671 e. The number of hydrogen-bond donors (Lipinski definition) is 1. The van der Waals surface area contributed by atoms with Crippen molar-refractivity contribution in [1.29, 1.82) is 0 Å². The van der Waals surface area contributed by atoms with Crippen LogP contribution in [0.1, 0.15) is 43.6 Å². The zero-order valence-corrected chi connectivity index (χ0v) is 14.9. The highest BCUT2D eigenvalue weighted by molar-refractivity contribution is 7.98. The molecule has 0 spiro atoms. The van der Waals surface area contributed by atoms with Crippen LogP contribution in [0.2, 0.25) is 0 Å². The van der Waals surface area contributed by atoms with Crippen LogP contribution in [0.25, 0.3) is 0 Å². The molecule has 0 bridgehead atoms. The number of benzene rings is 1.